The van der Waals surface area contributed by atoms with Gasteiger partial charge in [-0.25, -0.2) is 0 Å². The van der Waals surface area contributed by atoms with E-state index in [2.05, 4.69) is 26.2 Å². The molecule has 0 spiro atoms. The number of methoxy groups -OCH3 is 1. The first-order valence-electron chi connectivity index (χ1n) is 8.73. The number of halogens is 1. The SMILES string of the molecule is COCCN1C(=O)CC[C@]2(CNC(=O)c3cncc(Br)c3)CCC[C@@H]12. The molecule has 1 N–H and O–H groups in total. The molecule has 2 fully saturated rings. The molecule has 1 aliphatic heterocycles. The Morgan fingerprint density at radius 3 is 3.08 bits per heavy atom. The Kier molecular flexibility index (Phi) is 5.74. The van der Waals surface area contributed by atoms with Crippen LogP contribution in [0.4, 0.5) is 0 Å². The summed E-state index contributed by atoms with van der Waals surface area (Å²) in [6.07, 6.45) is 7.76. The second kappa shape index (κ2) is 7.83. The maximum atomic E-state index is 12.5. The Hall–Kier alpha value is -1.47. The average Bonchev–Trinajstić information content (AvgIpc) is 3.03. The number of likely N-dealkylation sites (tertiary alicyclic amines) is 1. The maximum absolute atomic E-state index is 12.5. The molecular formula is C18H24BrN3O3. The zero-order valence-corrected chi connectivity index (χ0v) is 16.0. The summed E-state index contributed by atoms with van der Waals surface area (Å²) in [5.41, 5.74) is 0.528. The predicted molar refractivity (Wildman–Crippen MR) is 97.2 cm³/mol. The van der Waals surface area contributed by atoms with Crippen molar-refractivity contribution in [2.75, 3.05) is 26.8 Å². The van der Waals surface area contributed by atoms with Crippen molar-refractivity contribution < 1.29 is 14.3 Å². The molecule has 6 nitrogen and oxygen atoms in total. The van der Waals surface area contributed by atoms with Gasteiger partial charge in [-0.1, -0.05) is 6.42 Å². The molecule has 1 saturated heterocycles. The summed E-state index contributed by atoms with van der Waals surface area (Å²) in [4.78, 5) is 30.8. The molecule has 2 heterocycles. The maximum Gasteiger partial charge on any atom is 0.252 e. The van der Waals surface area contributed by atoms with Crippen molar-refractivity contribution in [2.45, 2.75) is 38.1 Å². The normalized spacial score (nSPS) is 25.8. The lowest BCUT2D eigenvalue weighted by Crippen LogP contribution is -2.56. The van der Waals surface area contributed by atoms with Crippen LogP contribution >= 0.6 is 15.9 Å². The second-order valence-corrected chi connectivity index (χ2v) is 7.84. The third kappa shape index (κ3) is 3.87. The van der Waals surface area contributed by atoms with Gasteiger partial charge in [0.2, 0.25) is 5.91 Å². The number of rotatable bonds is 6. The van der Waals surface area contributed by atoms with Crippen LogP contribution in [-0.4, -0.2) is 54.5 Å². The summed E-state index contributed by atoms with van der Waals surface area (Å²) in [5, 5.41) is 3.08. The van der Waals surface area contributed by atoms with Gasteiger partial charge in [0.05, 0.1) is 12.2 Å². The zero-order valence-electron chi connectivity index (χ0n) is 14.5. The molecule has 1 aromatic rings. The first-order chi connectivity index (χ1) is 12.1. The molecule has 1 aromatic heterocycles. The number of carbonyl (C=O) groups is 2. The van der Waals surface area contributed by atoms with Gasteiger partial charge in [-0.05, 0) is 41.3 Å². The summed E-state index contributed by atoms with van der Waals surface area (Å²) in [6, 6.07) is 1.96. The van der Waals surface area contributed by atoms with Crippen LogP contribution in [0.25, 0.3) is 0 Å². The van der Waals surface area contributed by atoms with Gasteiger partial charge < -0.3 is 15.0 Å². The number of carbonyl (C=O) groups excluding carboxylic acids is 2. The monoisotopic (exact) mass is 409 g/mol. The van der Waals surface area contributed by atoms with E-state index >= 15 is 0 Å². The Morgan fingerprint density at radius 1 is 1.48 bits per heavy atom. The molecule has 0 radical (unpaired) electrons. The molecule has 3 rings (SSSR count). The van der Waals surface area contributed by atoms with E-state index in [1.807, 2.05) is 4.90 Å². The van der Waals surface area contributed by atoms with E-state index < -0.39 is 0 Å². The number of fused-ring (bicyclic) bond motifs is 1. The first-order valence-corrected chi connectivity index (χ1v) is 9.52. The molecule has 136 valence electrons. The summed E-state index contributed by atoms with van der Waals surface area (Å²) in [6.45, 7) is 1.78. The number of aromatic nitrogens is 1. The minimum Gasteiger partial charge on any atom is -0.383 e. The minimum absolute atomic E-state index is 0.0171. The largest absolute Gasteiger partial charge is 0.383 e. The highest BCUT2D eigenvalue weighted by Gasteiger charge is 2.50. The van der Waals surface area contributed by atoms with Gasteiger partial charge in [-0.15, -0.1) is 0 Å². The van der Waals surface area contributed by atoms with Gasteiger partial charge >= 0.3 is 0 Å². The highest BCUT2D eigenvalue weighted by Crippen LogP contribution is 2.47. The number of amides is 2. The van der Waals surface area contributed by atoms with Crippen molar-refractivity contribution in [3.63, 3.8) is 0 Å². The Morgan fingerprint density at radius 2 is 2.32 bits per heavy atom. The molecule has 2 aliphatic rings. The molecule has 0 unspecified atom stereocenters. The molecule has 1 aliphatic carbocycles. The van der Waals surface area contributed by atoms with E-state index in [0.29, 0.717) is 31.7 Å². The van der Waals surface area contributed by atoms with Crippen molar-refractivity contribution in [1.82, 2.24) is 15.2 Å². The lowest BCUT2D eigenvalue weighted by atomic mass is 9.74. The van der Waals surface area contributed by atoms with Crippen LogP contribution < -0.4 is 5.32 Å². The summed E-state index contributed by atoms with van der Waals surface area (Å²) >= 11 is 3.34. The van der Waals surface area contributed by atoms with Gasteiger partial charge in [0, 0.05) is 54.9 Å². The molecule has 7 heteroatoms. The molecule has 25 heavy (non-hydrogen) atoms. The van der Waals surface area contributed by atoms with Crippen molar-refractivity contribution >= 4 is 27.7 Å². The fourth-order valence-corrected chi connectivity index (χ4v) is 4.60. The molecule has 0 aromatic carbocycles. The van der Waals surface area contributed by atoms with E-state index in [1.165, 1.54) is 0 Å². The predicted octanol–water partition coefficient (Wildman–Crippen LogP) is 2.38. The van der Waals surface area contributed by atoms with Crippen molar-refractivity contribution in [3.8, 4) is 0 Å². The van der Waals surface area contributed by atoms with Crippen molar-refractivity contribution in [2.24, 2.45) is 5.41 Å². The number of piperidine rings is 1. The van der Waals surface area contributed by atoms with E-state index in [0.717, 1.165) is 30.2 Å². The number of hydrogen-bond acceptors (Lipinski definition) is 4. The molecular weight excluding hydrogens is 386 g/mol. The minimum atomic E-state index is -0.117. The third-order valence-electron chi connectivity index (χ3n) is 5.50. The van der Waals surface area contributed by atoms with E-state index in [4.69, 9.17) is 4.74 Å². The van der Waals surface area contributed by atoms with Crippen molar-refractivity contribution in [3.05, 3.63) is 28.5 Å². The number of pyridine rings is 1. The molecule has 2 atom stereocenters. The Bertz CT molecular complexity index is 654. The first kappa shape index (κ1) is 18.3. The van der Waals surface area contributed by atoms with Crippen molar-refractivity contribution in [1.29, 1.82) is 0 Å². The number of nitrogens with one attached hydrogen (secondary N) is 1. The van der Waals surface area contributed by atoms with Gasteiger partial charge in [0.25, 0.3) is 5.91 Å². The lowest BCUT2D eigenvalue weighted by molar-refractivity contribution is -0.142. The molecule has 0 bridgehead atoms. The van der Waals surface area contributed by atoms with Gasteiger partial charge in [-0.3, -0.25) is 14.6 Å². The number of hydrogen-bond donors (Lipinski definition) is 1. The Labute approximate surface area is 156 Å². The van der Waals surface area contributed by atoms with Crippen LogP contribution in [0, 0.1) is 5.41 Å². The van der Waals surface area contributed by atoms with Crippen LogP contribution in [0.15, 0.2) is 22.9 Å². The van der Waals surface area contributed by atoms with Crippen LogP contribution in [0.2, 0.25) is 0 Å². The van der Waals surface area contributed by atoms with E-state index in [1.54, 1.807) is 25.6 Å². The fraction of sp³-hybridized carbons (Fsp3) is 0.611. The highest BCUT2D eigenvalue weighted by molar-refractivity contribution is 9.10. The summed E-state index contributed by atoms with van der Waals surface area (Å²) < 4.78 is 5.95. The van der Waals surface area contributed by atoms with Gasteiger partial charge in [0.1, 0.15) is 0 Å². The topological polar surface area (TPSA) is 71.5 Å². The zero-order chi connectivity index (χ0) is 17.9. The van der Waals surface area contributed by atoms with E-state index in [-0.39, 0.29) is 23.3 Å². The molecule has 1 saturated carbocycles. The average molecular weight is 410 g/mol. The Balaban J connectivity index is 1.69. The van der Waals surface area contributed by atoms with Crippen LogP contribution in [-0.2, 0) is 9.53 Å². The highest BCUT2D eigenvalue weighted by atomic mass is 79.9. The van der Waals surface area contributed by atoms with Crippen LogP contribution in [0.5, 0.6) is 0 Å². The quantitative estimate of drug-likeness (QED) is 0.782. The summed E-state index contributed by atoms with van der Waals surface area (Å²) in [7, 11) is 1.66. The lowest BCUT2D eigenvalue weighted by Gasteiger charge is -2.46. The summed E-state index contributed by atoms with van der Waals surface area (Å²) in [5.74, 6) is 0.0938. The number of ether oxygens (including phenoxy) is 1. The fourth-order valence-electron chi connectivity index (χ4n) is 4.23. The van der Waals surface area contributed by atoms with Crippen LogP contribution in [0.3, 0.4) is 0 Å². The van der Waals surface area contributed by atoms with Crippen LogP contribution in [0.1, 0.15) is 42.5 Å². The molecule has 2 amide bonds. The van der Waals surface area contributed by atoms with E-state index in [9.17, 15) is 9.59 Å². The van der Waals surface area contributed by atoms with Gasteiger partial charge in [-0.2, -0.15) is 0 Å². The number of nitrogens with zero attached hydrogens (tertiary/aromatic N) is 2. The standard InChI is InChI=1S/C18H24BrN3O3/c1-25-8-7-22-15-3-2-5-18(15,6-4-16(22)23)12-21-17(24)13-9-14(19)11-20-10-13/h9-11,15H,2-8,12H2,1H3,(H,21,24)/t15-,18+/m1/s1. The second-order valence-electron chi connectivity index (χ2n) is 6.92. The third-order valence-corrected chi connectivity index (χ3v) is 5.93. The van der Waals surface area contributed by atoms with Gasteiger partial charge in [0.15, 0.2) is 0 Å². The smallest absolute Gasteiger partial charge is 0.252 e.